The van der Waals surface area contributed by atoms with Crippen LogP contribution in [0, 0.1) is 18.8 Å². The molecule has 4 aliphatic heterocycles. The van der Waals surface area contributed by atoms with Crippen LogP contribution >= 0.6 is 0 Å². The molecule has 0 aromatic heterocycles. The maximum absolute atomic E-state index is 13.6. The van der Waals surface area contributed by atoms with E-state index in [1.54, 1.807) is 28.4 Å². The van der Waals surface area contributed by atoms with Crippen LogP contribution in [0.3, 0.4) is 0 Å². The molecule has 0 amide bonds. The topological polar surface area (TPSA) is 119 Å². The van der Waals surface area contributed by atoms with E-state index in [1.807, 2.05) is 38.1 Å². The number of cyclic esters (lactones) is 1. The van der Waals surface area contributed by atoms with Gasteiger partial charge < -0.3 is 52.1 Å². The lowest BCUT2D eigenvalue weighted by Crippen LogP contribution is -2.64. The molecule has 0 unspecified atom stereocenters. The van der Waals surface area contributed by atoms with Crippen molar-refractivity contribution >= 4 is 5.97 Å². The molecule has 44 heavy (non-hydrogen) atoms. The van der Waals surface area contributed by atoms with E-state index in [9.17, 15) is 4.79 Å². The highest BCUT2D eigenvalue weighted by Crippen LogP contribution is 2.56. The van der Waals surface area contributed by atoms with E-state index in [-0.39, 0.29) is 31.2 Å². The Kier molecular flexibility index (Phi) is 7.84. The molecule has 3 fully saturated rings. The molecule has 0 bridgehead atoms. The quantitative estimate of drug-likeness (QED) is 0.426. The molecule has 1 aliphatic carbocycles. The van der Waals surface area contributed by atoms with Crippen LogP contribution in [0.2, 0.25) is 0 Å². The van der Waals surface area contributed by atoms with Gasteiger partial charge in [0.2, 0.25) is 6.79 Å². The molecule has 2 aromatic rings. The van der Waals surface area contributed by atoms with Crippen LogP contribution in [0.4, 0.5) is 0 Å². The van der Waals surface area contributed by atoms with Gasteiger partial charge in [0, 0.05) is 26.1 Å². The van der Waals surface area contributed by atoms with E-state index in [1.165, 1.54) is 0 Å². The summed E-state index contributed by atoms with van der Waals surface area (Å²) in [5, 5.41) is 0. The first kappa shape index (κ1) is 29.6. The zero-order valence-corrected chi connectivity index (χ0v) is 25.6. The van der Waals surface area contributed by atoms with Crippen LogP contribution < -0.4 is 18.9 Å². The van der Waals surface area contributed by atoms with Crippen LogP contribution in [-0.2, 0) is 38.0 Å². The van der Waals surface area contributed by atoms with E-state index in [4.69, 9.17) is 52.1 Å². The number of hydrogen-bond acceptors (Lipinski definition) is 12. The molecule has 12 nitrogen and oxygen atoms in total. The van der Waals surface area contributed by atoms with Gasteiger partial charge in [-0.25, -0.2) is 0 Å². The van der Waals surface area contributed by atoms with E-state index >= 15 is 0 Å². The van der Waals surface area contributed by atoms with Gasteiger partial charge in [-0.3, -0.25) is 4.79 Å². The van der Waals surface area contributed by atoms with Crippen molar-refractivity contribution in [2.75, 3.05) is 48.4 Å². The van der Waals surface area contributed by atoms with Crippen LogP contribution in [0.25, 0.3) is 0 Å². The Bertz CT molecular complexity index is 1410. The average Bonchev–Trinajstić information content (AvgIpc) is 3.65. The highest BCUT2D eigenvalue weighted by molar-refractivity contribution is 5.79. The lowest BCUT2D eigenvalue weighted by atomic mass is 9.66. The molecule has 7 rings (SSSR count). The Labute approximate surface area is 255 Å². The molecule has 10 atom stereocenters. The summed E-state index contributed by atoms with van der Waals surface area (Å²) in [5.74, 6) is 0.865. The third-order valence-corrected chi connectivity index (χ3v) is 9.43. The zero-order chi connectivity index (χ0) is 30.7. The average molecular weight is 615 g/mol. The highest BCUT2D eigenvalue weighted by atomic mass is 16.8. The molecule has 0 N–H and O–H groups in total. The molecule has 5 aliphatic rings. The number of esters is 1. The van der Waals surface area contributed by atoms with Gasteiger partial charge in [0.15, 0.2) is 35.6 Å². The van der Waals surface area contributed by atoms with Crippen LogP contribution in [-0.4, -0.2) is 91.4 Å². The molecule has 0 saturated carbocycles. The maximum atomic E-state index is 13.6. The second kappa shape index (κ2) is 11.7. The molecule has 238 valence electrons. The lowest BCUT2D eigenvalue weighted by Gasteiger charge is -2.49. The van der Waals surface area contributed by atoms with Gasteiger partial charge in [-0.2, -0.15) is 0 Å². The minimum atomic E-state index is -0.855. The third-order valence-electron chi connectivity index (χ3n) is 9.43. The smallest absolute Gasteiger partial charge is 0.310 e. The fourth-order valence-electron chi connectivity index (χ4n) is 7.49. The van der Waals surface area contributed by atoms with Crippen molar-refractivity contribution < 1.29 is 56.9 Å². The Morgan fingerprint density at radius 2 is 1.59 bits per heavy atom. The summed E-state index contributed by atoms with van der Waals surface area (Å²) in [5.41, 5.74) is 3.50. The summed E-state index contributed by atoms with van der Waals surface area (Å²) in [7, 11) is 6.41. The van der Waals surface area contributed by atoms with Crippen molar-refractivity contribution in [3.63, 3.8) is 0 Å². The fourth-order valence-corrected chi connectivity index (χ4v) is 7.49. The first-order valence-corrected chi connectivity index (χ1v) is 14.8. The molecular formula is C32H38O12. The SMILES string of the molecule is COc1cc([C@@H]2c3cc4c(cc3[C@@H](O[C@@H]3O[C@@H]5CO[C@@H](C)O[C@H]5[C@H](OC)[C@H]3OC)[C@H]3COC(=O)[C@H]23)OCO4)cc(C)c1OC. The predicted octanol–water partition coefficient (Wildman–Crippen LogP) is 3.25. The number of fused-ring (bicyclic) bond motifs is 4. The summed E-state index contributed by atoms with van der Waals surface area (Å²) in [6.07, 6.45) is -3.79. The van der Waals surface area contributed by atoms with Gasteiger partial charge in [0.1, 0.15) is 24.4 Å². The summed E-state index contributed by atoms with van der Waals surface area (Å²) in [6, 6.07) is 7.84. The molecular weight excluding hydrogens is 576 g/mol. The molecule has 12 heteroatoms. The Morgan fingerprint density at radius 3 is 2.30 bits per heavy atom. The Morgan fingerprint density at radius 1 is 0.841 bits per heavy atom. The van der Waals surface area contributed by atoms with E-state index in [2.05, 4.69) is 0 Å². The molecule has 2 aromatic carbocycles. The number of rotatable bonds is 7. The minimum Gasteiger partial charge on any atom is -0.493 e. The van der Waals surface area contributed by atoms with Gasteiger partial charge in [0.25, 0.3) is 0 Å². The summed E-state index contributed by atoms with van der Waals surface area (Å²) >= 11 is 0. The van der Waals surface area contributed by atoms with Gasteiger partial charge in [0.05, 0.1) is 39.5 Å². The van der Waals surface area contributed by atoms with Crippen molar-refractivity contribution in [1.82, 2.24) is 0 Å². The molecule has 4 heterocycles. The molecule has 3 saturated heterocycles. The normalized spacial score (nSPS) is 35.4. The number of ether oxygens (including phenoxy) is 11. The minimum absolute atomic E-state index is 0.104. The number of aryl methyl sites for hydroxylation is 1. The third kappa shape index (κ3) is 4.70. The van der Waals surface area contributed by atoms with Gasteiger partial charge in [-0.05, 0) is 54.3 Å². The van der Waals surface area contributed by atoms with Crippen LogP contribution in [0.15, 0.2) is 24.3 Å². The maximum Gasteiger partial charge on any atom is 0.310 e. The van der Waals surface area contributed by atoms with Gasteiger partial charge in [-0.1, -0.05) is 6.07 Å². The first-order valence-electron chi connectivity index (χ1n) is 14.8. The molecule has 0 radical (unpaired) electrons. The van der Waals surface area contributed by atoms with Gasteiger partial charge in [-0.15, -0.1) is 0 Å². The fraction of sp³-hybridized carbons (Fsp3) is 0.594. The predicted molar refractivity (Wildman–Crippen MR) is 151 cm³/mol. The largest absolute Gasteiger partial charge is 0.493 e. The van der Waals surface area contributed by atoms with E-state index in [0.29, 0.717) is 29.6 Å². The summed E-state index contributed by atoms with van der Waals surface area (Å²) in [4.78, 5) is 13.6. The van der Waals surface area contributed by atoms with Gasteiger partial charge >= 0.3 is 5.97 Å². The summed E-state index contributed by atoms with van der Waals surface area (Å²) in [6.45, 7) is 4.39. The highest BCUT2D eigenvalue weighted by Gasteiger charge is 2.56. The standard InChI is InChI=1S/C32H38O12/c1-14-7-16(8-22(34-3)26(14)35-4)24-17-9-20-21(41-13-40-20)10-18(17)27(19-11-39-31(33)25(19)24)44-32-30(37-6)29(36-5)28-23(43-32)12-38-15(2)42-28/h7-10,15,19,23-25,27-30,32H,11-13H2,1-6H3/t15-,19+,23-,24-,25+,27-,28-,29+,30-,32+/m1/s1. The number of carbonyl (C=O) groups is 1. The van der Waals surface area contributed by atoms with Crippen molar-refractivity contribution in [2.24, 2.45) is 11.8 Å². The van der Waals surface area contributed by atoms with Crippen molar-refractivity contribution in [3.8, 4) is 23.0 Å². The van der Waals surface area contributed by atoms with Crippen LogP contribution in [0.5, 0.6) is 23.0 Å². The lowest BCUT2D eigenvalue weighted by molar-refractivity contribution is -0.369. The molecule has 0 spiro atoms. The zero-order valence-electron chi connectivity index (χ0n) is 25.6. The number of methoxy groups -OCH3 is 4. The second-order valence-electron chi connectivity index (χ2n) is 11.7. The number of carbonyl (C=O) groups excluding carboxylic acids is 1. The number of benzene rings is 2. The number of hydrogen-bond donors (Lipinski definition) is 0. The van der Waals surface area contributed by atoms with Crippen molar-refractivity contribution in [3.05, 3.63) is 46.5 Å². The van der Waals surface area contributed by atoms with Crippen molar-refractivity contribution in [1.29, 1.82) is 0 Å². The summed E-state index contributed by atoms with van der Waals surface area (Å²) < 4.78 is 65.5. The Balaban J connectivity index is 1.32. The second-order valence-corrected chi connectivity index (χ2v) is 11.7. The van der Waals surface area contributed by atoms with Crippen molar-refractivity contribution in [2.45, 2.75) is 62.9 Å². The van der Waals surface area contributed by atoms with E-state index < -0.39 is 49.0 Å². The first-order chi connectivity index (χ1) is 21.4. The Hall–Kier alpha value is -3.13. The van der Waals surface area contributed by atoms with E-state index in [0.717, 1.165) is 22.3 Å². The monoisotopic (exact) mass is 614 g/mol. The van der Waals surface area contributed by atoms with Crippen LogP contribution in [0.1, 0.15) is 41.2 Å².